The fourth-order valence-electron chi connectivity index (χ4n) is 1.97. The van der Waals surface area contributed by atoms with Crippen LogP contribution in [-0.2, 0) is 9.59 Å². The van der Waals surface area contributed by atoms with E-state index in [9.17, 15) is 9.59 Å². The molecule has 0 radical (unpaired) electrons. The van der Waals surface area contributed by atoms with Gasteiger partial charge in [0.25, 0.3) is 11.8 Å². The van der Waals surface area contributed by atoms with Crippen LogP contribution in [-0.4, -0.2) is 41.6 Å². The van der Waals surface area contributed by atoms with Crippen LogP contribution in [0.15, 0.2) is 30.0 Å². The lowest BCUT2D eigenvalue weighted by Gasteiger charge is -2.14. The van der Waals surface area contributed by atoms with Crippen LogP contribution in [0, 0.1) is 0 Å². The first-order chi connectivity index (χ1) is 10.6. The van der Waals surface area contributed by atoms with Gasteiger partial charge in [0.15, 0.2) is 0 Å². The number of carbonyl (C=O) groups is 2. The molecule has 1 aromatic rings. The molecule has 2 amide bonds. The predicted molar refractivity (Wildman–Crippen MR) is 82.7 cm³/mol. The van der Waals surface area contributed by atoms with E-state index in [-0.39, 0.29) is 18.8 Å². The monoisotopic (exact) mass is 324 g/mol. The molecule has 0 aromatic heterocycles. The van der Waals surface area contributed by atoms with Gasteiger partial charge in [-0.3, -0.25) is 14.5 Å². The molecule has 1 aliphatic heterocycles. The van der Waals surface area contributed by atoms with Gasteiger partial charge in [0, 0.05) is 11.8 Å². The van der Waals surface area contributed by atoms with Gasteiger partial charge in [-0.1, -0.05) is 18.5 Å². The molecule has 0 atom stereocenters. The largest absolute Gasteiger partial charge is 0.492 e. The summed E-state index contributed by atoms with van der Waals surface area (Å²) in [4.78, 5) is 24.6. The van der Waals surface area contributed by atoms with Crippen LogP contribution >= 0.6 is 11.6 Å². The van der Waals surface area contributed by atoms with Crippen molar-refractivity contribution in [1.82, 2.24) is 4.90 Å². The smallest absolute Gasteiger partial charge is 0.277 e. The Morgan fingerprint density at radius 3 is 2.77 bits per heavy atom. The number of halogens is 1. The molecule has 6 nitrogen and oxygen atoms in total. The number of β-amino-alcohol motifs (C(OH)–C–C–N with tert-alkyl or cyclic N) is 1. The summed E-state index contributed by atoms with van der Waals surface area (Å²) < 4.78 is 5.47. The molecule has 7 heteroatoms. The second-order valence-corrected chi connectivity index (χ2v) is 5.10. The summed E-state index contributed by atoms with van der Waals surface area (Å²) in [5, 5.41) is 12.1. The van der Waals surface area contributed by atoms with Crippen LogP contribution in [0.2, 0.25) is 5.02 Å². The molecule has 1 aliphatic rings. The summed E-state index contributed by atoms with van der Waals surface area (Å²) in [6, 6.07) is 5.04. The number of carbonyl (C=O) groups excluding carboxylic acids is 2. The van der Waals surface area contributed by atoms with E-state index < -0.39 is 11.8 Å². The Hall–Kier alpha value is -2.05. The third kappa shape index (κ3) is 3.58. The number of nitrogens with one attached hydrogen (secondary N) is 1. The number of benzene rings is 1. The maximum atomic E-state index is 12.0. The number of aliphatic hydroxyl groups is 1. The van der Waals surface area contributed by atoms with Crippen LogP contribution in [0.1, 0.15) is 13.3 Å². The SMILES string of the molecule is CCCOc1ccc(NC2=CC(=O)N(CCO)C2=O)cc1Cl. The number of nitrogens with zero attached hydrogens (tertiary/aromatic N) is 1. The zero-order valence-corrected chi connectivity index (χ0v) is 12.9. The fraction of sp³-hybridized carbons (Fsp3) is 0.333. The third-order valence-corrected chi connectivity index (χ3v) is 3.30. The van der Waals surface area contributed by atoms with E-state index in [0.29, 0.717) is 23.1 Å². The first kappa shape index (κ1) is 16.3. The van der Waals surface area contributed by atoms with E-state index in [1.165, 1.54) is 6.08 Å². The summed E-state index contributed by atoms with van der Waals surface area (Å²) in [6.07, 6.45) is 2.08. The molecule has 0 bridgehead atoms. The molecule has 2 N–H and O–H groups in total. The van der Waals surface area contributed by atoms with Gasteiger partial charge in [0.05, 0.1) is 24.8 Å². The van der Waals surface area contributed by atoms with E-state index in [1.807, 2.05) is 6.92 Å². The van der Waals surface area contributed by atoms with Crippen molar-refractivity contribution in [2.45, 2.75) is 13.3 Å². The summed E-state index contributed by atoms with van der Waals surface area (Å²) in [7, 11) is 0. The highest BCUT2D eigenvalue weighted by atomic mass is 35.5. The molecule has 118 valence electrons. The van der Waals surface area contributed by atoms with Crippen molar-refractivity contribution in [3.8, 4) is 5.75 Å². The van der Waals surface area contributed by atoms with Gasteiger partial charge in [0.1, 0.15) is 11.4 Å². The van der Waals surface area contributed by atoms with Crippen LogP contribution in [0.25, 0.3) is 0 Å². The van der Waals surface area contributed by atoms with Crippen LogP contribution in [0.4, 0.5) is 5.69 Å². The lowest BCUT2D eigenvalue weighted by molar-refractivity contribution is -0.137. The average molecular weight is 325 g/mol. The number of hydrogen-bond acceptors (Lipinski definition) is 5. The Bertz CT molecular complexity index is 616. The number of hydrogen-bond donors (Lipinski definition) is 2. The van der Waals surface area contributed by atoms with E-state index in [1.54, 1.807) is 18.2 Å². The van der Waals surface area contributed by atoms with Gasteiger partial charge < -0.3 is 15.2 Å². The highest BCUT2D eigenvalue weighted by Gasteiger charge is 2.30. The van der Waals surface area contributed by atoms with E-state index in [4.69, 9.17) is 21.4 Å². The lowest BCUT2D eigenvalue weighted by Crippen LogP contribution is -2.34. The van der Waals surface area contributed by atoms with E-state index >= 15 is 0 Å². The zero-order valence-electron chi connectivity index (χ0n) is 12.1. The number of anilines is 1. The van der Waals surface area contributed by atoms with Crippen molar-refractivity contribution in [3.05, 3.63) is 35.0 Å². The molecule has 1 aromatic carbocycles. The van der Waals surface area contributed by atoms with Crippen molar-refractivity contribution in [3.63, 3.8) is 0 Å². The first-order valence-corrected chi connectivity index (χ1v) is 7.32. The molecule has 0 aliphatic carbocycles. The molecule has 0 unspecified atom stereocenters. The minimum Gasteiger partial charge on any atom is -0.492 e. The Morgan fingerprint density at radius 1 is 1.36 bits per heavy atom. The molecular weight excluding hydrogens is 308 g/mol. The number of ether oxygens (including phenoxy) is 1. The molecule has 1 heterocycles. The molecule has 0 fully saturated rings. The second kappa shape index (κ2) is 7.29. The fourth-order valence-corrected chi connectivity index (χ4v) is 2.21. The summed E-state index contributed by atoms with van der Waals surface area (Å²) in [6.45, 7) is 2.27. The molecule has 0 spiro atoms. The van der Waals surface area contributed by atoms with Crippen molar-refractivity contribution in [2.75, 3.05) is 25.1 Å². The van der Waals surface area contributed by atoms with Crippen LogP contribution < -0.4 is 10.1 Å². The molecular formula is C15H17ClN2O4. The third-order valence-electron chi connectivity index (χ3n) is 3.01. The summed E-state index contributed by atoms with van der Waals surface area (Å²) in [5.74, 6) is -0.351. The normalized spacial score (nSPS) is 14.3. The number of rotatable bonds is 7. The summed E-state index contributed by atoms with van der Waals surface area (Å²) >= 11 is 6.11. The Labute approximate surface area is 133 Å². The minimum atomic E-state index is -0.471. The Morgan fingerprint density at radius 2 is 2.14 bits per heavy atom. The van der Waals surface area contributed by atoms with Gasteiger partial charge in [-0.2, -0.15) is 0 Å². The second-order valence-electron chi connectivity index (χ2n) is 4.70. The van der Waals surface area contributed by atoms with E-state index in [2.05, 4.69) is 5.32 Å². The molecule has 22 heavy (non-hydrogen) atoms. The quantitative estimate of drug-likeness (QED) is 0.748. The highest BCUT2D eigenvalue weighted by molar-refractivity contribution is 6.32. The van der Waals surface area contributed by atoms with Gasteiger partial charge in [-0.25, -0.2) is 0 Å². The standard InChI is InChI=1S/C15H17ClN2O4/c1-2-7-22-13-4-3-10(8-11(13)16)17-12-9-14(20)18(5-6-19)15(12)21/h3-4,8-9,17,19H,2,5-7H2,1H3. The predicted octanol–water partition coefficient (Wildman–Crippen LogP) is 1.79. The summed E-state index contributed by atoms with van der Waals surface area (Å²) in [5.41, 5.74) is 0.726. The van der Waals surface area contributed by atoms with Crippen molar-refractivity contribution >= 4 is 29.1 Å². The molecule has 0 saturated heterocycles. The number of aliphatic hydroxyl groups excluding tert-OH is 1. The Balaban J connectivity index is 2.08. The van der Waals surface area contributed by atoms with Gasteiger partial charge in [-0.15, -0.1) is 0 Å². The van der Waals surface area contributed by atoms with Crippen molar-refractivity contribution in [2.24, 2.45) is 0 Å². The molecule has 2 rings (SSSR count). The van der Waals surface area contributed by atoms with E-state index in [0.717, 1.165) is 11.3 Å². The topological polar surface area (TPSA) is 78.9 Å². The van der Waals surface area contributed by atoms with Crippen LogP contribution in [0.5, 0.6) is 5.75 Å². The van der Waals surface area contributed by atoms with Crippen molar-refractivity contribution in [1.29, 1.82) is 0 Å². The van der Waals surface area contributed by atoms with Gasteiger partial charge in [0.2, 0.25) is 0 Å². The number of amides is 2. The Kier molecular flexibility index (Phi) is 5.41. The zero-order chi connectivity index (χ0) is 16.1. The highest BCUT2D eigenvalue weighted by Crippen LogP contribution is 2.29. The maximum Gasteiger partial charge on any atom is 0.277 e. The van der Waals surface area contributed by atoms with Gasteiger partial charge >= 0.3 is 0 Å². The lowest BCUT2D eigenvalue weighted by atomic mass is 10.3. The van der Waals surface area contributed by atoms with Crippen LogP contribution in [0.3, 0.4) is 0 Å². The first-order valence-electron chi connectivity index (χ1n) is 6.94. The van der Waals surface area contributed by atoms with Crippen molar-refractivity contribution < 1.29 is 19.4 Å². The maximum absolute atomic E-state index is 12.0. The van der Waals surface area contributed by atoms with Gasteiger partial charge in [-0.05, 0) is 24.6 Å². The number of imide groups is 1. The average Bonchev–Trinajstić information content (AvgIpc) is 2.74. The molecule has 0 saturated carbocycles. The minimum absolute atomic E-state index is 0.0239.